The molecule has 0 heterocycles. The van der Waals surface area contributed by atoms with Gasteiger partial charge >= 0.3 is 0 Å². The van der Waals surface area contributed by atoms with Crippen molar-refractivity contribution in [3.63, 3.8) is 0 Å². The quantitative estimate of drug-likeness (QED) is 0.834. The predicted octanol–water partition coefficient (Wildman–Crippen LogP) is 3.37. The van der Waals surface area contributed by atoms with Crippen molar-refractivity contribution in [3.8, 4) is 0 Å². The molecule has 0 amide bonds. The van der Waals surface area contributed by atoms with Gasteiger partial charge < -0.3 is 11.1 Å². The van der Waals surface area contributed by atoms with Crippen LogP contribution in [0.4, 0.5) is 10.1 Å². The van der Waals surface area contributed by atoms with Crippen LogP contribution >= 0.6 is 11.6 Å². The Balaban J connectivity index is 2.42. The zero-order valence-corrected chi connectivity index (χ0v) is 10.7. The highest BCUT2D eigenvalue weighted by atomic mass is 35.5. The summed E-state index contributed by atoms with van der Waals surface area (Å²) in [6, 6.07) is 12.2. The van der Waals surface area contributed by atoms with Gasteiger partial charge in [0.1, 0.15) is 5.82 Å². The molecular formula is C14H14ClFN2. The van der Waals surface area contributed by atoms with E-state index >= 15 is 0 Å². The summed E-state index contributed by atoms with van der Waals surface area (Å²) in [7, 11) is 1.84. The largest absolute Gasteiger partial charge is 0.399 e. The van der Waals surface area contributed by atoms with Crippen molar-refractivity contribution < 1.29 is 4.39 Å². The van der Waals surface area contributed by atoms with Gasteiger partial charge in [0.15, 0.2) is 0 Å². The number of halogens is 2. The minimum Gasteiger partial charge on any atom is -0.399 e. The summed E-state index contributed by atoms with van der Waals surface area (Å²) >= 11 is 5.81. The Bertz CT molecular complexity index is 557. The monoisotopic (exact) mass is 264 g/mol. The summed E-state index contributed by atoms with van der Waals surface area (Å²) in [6.07, 6.45) is 0. The summed E-state index contributed by atoms with van der Waals surface area (Å²) in [5.74, 6) is -0.414. The summed E-state index contributed by atoms with van der Waals surface area (Å²) in [4.78, 5) is 0. The van der Waals surface area contributed by atoms with E-state index in [2.05, 4.69) is 5.32 Å². The summed E-state index contributed by atoms with van der Waals surface area (Å²) in [6.45, 7) is 0. The van der Waals surface area contributed by atoms with Crippen molar-refractivity contribution in [1.82, 2.24) is 5.32 Å². The molecule has 2 aromatic rings. The van der Waals surface area contributed by atoms with E-state index in [1.54, 1.807) is 12.1 Å². The van der Waals surface area contributed by atoms with Gasteiger partial charge in [-0.1, -0.05) is 29.8 Å². The molecule has 3 N–H and O–H groups in total. The molecule has 18 heavy (non-hydrogen) atoms. The molecule has 0 saturated carbocycles. The van der Waals surface area contributed by atoms with E-state index in [0.717, 1.165) is 11.1 Å². The Morgan fingerprint density at radius 3 is 2.50 bits per heavy atom. The van der Waals surface area contributed by atoms with E-state index in [9.17, 15) is 4.39 Å². The van der Waals surface area contributed by atoms with Crippen molar-refractivity contribution in [2.75, 3.05) is 12.8 Å². The normalized spacial score (nSPS) is 12.4. The highest BCUT2D eigenvalue weighted by Gasteiger charge is 2.13. The Hall–Kier alpha value is -1.58. The molecule has 0 fully saturated rings. The maximum absolute atomic E-state index is 13.2. The minimum atomic E-state index is -0.414. The lowest BCUT2D eigenvalue weighted by Crippen LogP contribution is -2.17. The molecule has 0 saturated heterocycles. The van der Waals surface area contributed by atoms with E-state index in [-0.39, 0.29) is 11.1 Å². The zero-order chi connectivity index (χ0) is 13.1. The second-order valence-corrected chi connectivity index (χ2v) is 4.47. The molecule has 2 rings (SSSR count). The molecule has 1 unspecified atom stereocenters. The molecule has 1 atom stereocenters. The van der Waals surface area contributed by atoms with E-state index in [0.29, 0.717) is 5.69 Å². The van der Waals surface area contributed by atoms with E-state index in [1.165, 1.54) is 6.07 Å². The molecule has 0 bridgehead atoms. The molecule has 4 heteroatoms. The highest BCUT2D eigenvalue weighted by Crippen LogP contribution is 2.26. The first-order chi connectivity index (χ1) is 8.61. The topological polar surface area (TPSA) is 38.0 Å². The maximum atomic E-state index is 13.2. The van der Waals surface area contributed by atoms with Crippen molar-refractivity contribution in [2.24, 2.45) is 0 Å². The second-order valence-electron chi connectivity index (χ2n) is 4.07. The van der Waals surface area contributed by atoms with E-state index in [4.69, 9.17) is 17.3 Å². The first kappa shape index (κ1) is 12.9. The number of hydrogen-bond donors (Lipinski definition) is 2. The summed E-state index contributed by atoms with van der Waals surface area (Å²) < 4.78 is 13.2. The van der Waals surface area contributed by atoms with Gasteiger partial charge in [0, 0.05) is 5.69 Å². The van der Waals surface area contributed by atoms with Crippen LogP contribution in [-0.4, -0.2) is 7.05 Å². The molecule has 0 aliphatic rings. The van der Waals surface area contributed by atoms with Gasteiger partial charge in [-0.15, -0.1) is 0 Å². The fourth-order valence-corrected chi connectivity index (χ4v) is 2.15. The Morgan fingerprint density at radius 1 is 1.17 bits per heavy atom. The van der Waals surface area contributed by atoms with Gasteiger partial charge in [-0.2, -0.15) is 0 Å². The molecule has 2 aromatic carbocycles. The van der Waals surface area contributed by atoms with Crippen molar-refractivity contribution in [1.29, 1.82) is 0 Å². The number of rotatable bonds is 3. The third-order valence-electron chi connectivity index (χ3n) is 2.81. The lowest BCUT2D eigenvalue weighted by atomic mass is 9.98. The number of hydrogen-bond acceptors (Lipinski definition) is 2. The molecule has 2 nitrogen and oxygen atoms in total. The lowest BCUT2D eigenvalue weighted by molar-refractivity contribution is 0.624. The average Bonchev–Trinajstić information content (AvgIpc) is 2.35. The van der Waals surface area contributed by atoms with Crippen LogP contribution in [0, 0.1) is 5.82 Å². The van der Waals surface area contributed by atoms with Gasteiger partial charge in [-0.25, -0.2) is 4.39 Å². The van der Waals surface area contributed by atoms with Crippen LogP contribution in [0.3, 0.4) is 0 Å². The Morgan fingerprint density at radius 2 is 1.89 bits per heavy atom. The molecule has 94 valence electrons. The molecular weight excluding hydrogens is 251 g/mol. The smallest absolute Gasteiger partial charge is 0.141 e. The van der Waals surface area contributed by atoms with Crippen LogP contribution in [0.25, 0.3) is 0 Å². The van der Waals surface area contributed by atoms with E-state index in [1.807, 2.05) is 31.3 Å². The van der Waals surface area contributed by atoms with Crippen molar-refractivity contribution in [2.45, 2.75) is 6.04 Å². The summed E-state index contributed by atoms with van der Waals surface area (Å²) in [5.41, 5.74) is 8.38. The fourth-order valence-electron chi connectivity index (χ4n) is 1.96. The van der Waals surface area contributed by atoms with Crippen LogP contribution in [0.5, 0.6) is 0 Å². The average molecular weight is 265 g/mol. The van der Waals surface area contributed by atoms with Gasteiger partial charge in [0.05, 0.1) is 11.1 Å². The predicted molar refractivity (Wildman–Crippen MR) is 73.2 cm³/mol. The first-order valence-corrected chi connectivity index (χ1v) is 5.97. The van der Waals surface area contributed by atoms with Gasteiger partial charge in [-0.3, -0.25) is 0 Å². The third kappa shape index (κ3) is 2.63. The SMILES string of the molecule is CNC(c1cccc(N)c1)c1ccc(F)c(Cl)c1. The minimum absolute atomic E-state index is 0.0633. The van der Waals surface area contributed by atoms with Crippen LogP contribution < -0.4 is 11.1 Å². The number of nitrogens with one attached hydrogen (secondary N) is 1. The van der Waals surface area contributed by atoms with Crippen LogP contribution in [0.15, 0.2) is 42.5 Å². The van der Waals surface area contributed by atoms with Gasteiger partial charge in [0.2, 0.25) is 0 Å². The van der Waals surface area contributed by atoms with Crippen molar-refractivity contribution >= 4 is 17.3 Å². The number of anilines is 1. The number of nitrogen functional groups attached to an aromatic ring is 1. The second kappa shape index (κ2) is 5.38. The third-order valence-corrected chi connectivity index (χ3v) is 3.10. The molecule has 0 radical (unpaired) electrons. The maximum Gasteiger partial charge on any atom is 0.141 e. The van der Waals surface area contributed by atoms with Crippen LogP contribution in [0.1, 0.15) is 17.2 Å². The van der Waals surface area contributed by atoms with Gasteiger partial charge in [0.25, 0.3) is 0 Å². The fraction of sp³-hybridized carbons (Fsp3) is 0.143. The lowest BCUT2D eigenvalue weighted by Gasteiger charge is -2.18. The van der Waals surface area contributed by atoms with Gasteiger partial charge in [-0.05, 0) is 42.4 Å². The Kier molecular flexibility index (Phi) is 3.84. The first-order valence-electron chi connectivity index (χ1n) is 5.59. The highest BCUT2D eigenvalue weighted by molar-refractivity contribution is 6.30. The van der Waals surface area contributed by atoms with Crippen LogP contribution in [0.2, 0.25) is 5.02 Å². The Labute approximate surface area is 111 Å². The van der Waals surface area contributed by atoms with E-state index < -0.39 is 5.82 Å². The molecule has 0 aliphatic carbocycles. The standard InChI is InChI=1S/C14H14ClFN2/c1-18-14(9-3-2-4-11(17)7-9)10-5-6-13(16)12(15)8-10/h2-8,14,18H,17H2,1H3. The number of nitrogens with two attached hydrogens (primary N) is 1. The zero-order valence-electron chi connectivity index (χ0n) is 9.95. The number of benzene rings is 2. The molecule has 0 aliphatic heterocycles. The van der Waals surface area contributed by atoms with Crippen LogP contribution in [-0.2, 0) is 0 Å². The van der Waals surface area contributed by atoms with Crippen molar-refractivity contribution in [3.05, 3.63) is 64.4 Å². The molecule has 0 aromatic heterocycles. The molecule has 0 spiro atoms. The summed E-state index contributed by atoms with van der Waals surface area (Å²) in [5, 5.41) is 3.29.